The van der Waals surface area contributed by atoms with Crippen LogP contribution in [0.15, 0.2) is 91.8 Å². The predicted octanol–water partition coefficient (Wildman–Crippen LogP) is 5.51. The second-order valence-electron chi connectivity index (χ2n) is 6.01. The first-order valence-electron chi connectivity index (χ1n) is 8.89. The van der Waals surface area contributed by atoms with Crippen molar-refractivity contribution in [3.8, 4) is 0 Å². The van der Waals surface area contributed by atoms with Crippen molar-refractivity contribution in [1.82, 2.24) is 4.90 Å². The maximum absolute atomic E-state index is 12.9. The summed E-state index contributed by atoms with van der Waals surface area (Å²) >= 11 is 2.90. The molecule has 1 saturated heterocycles. The maximum atomic E-state index is 12.9. The van der Waals surface area contributed by atoms with Gasteiger partial charge in [-0.2, -0.15) is 5.10 Å². The highest BCUT2D eigenvalue weighted by atomic mass is 32.2. The Kier molecular flexibility index (Phi) is 6.19. The molecule has 1 aliphatic heterocycles. The molecule has 0 saturated carbocycles. The number of rotatable bonds is 6. The number of hydrogen-bond donors (Lipinski definition) is 0. The fourth-order valence-electron chi connectivity index (χ4n) is 2.62. The molecule has 2 aromatic heterocycles. The van der Waals surface area contributed by atoms with Crippen LogP contribution in [0, 0.1) is 0 Å². The number of furan rings is 1. The SMILES string of the molecule is O=C1/C(=C/c2cccs2)S/C(=N/N=C/C=C/c2ccccc2)N1Cc1ccco1. The number of thiophene rings is 1. The van der Waals surface area contributed by atoms with Crippen molar-refractivity contribution in [1.29, 1.82) is 0 Å². The topological polar surface area (TPSA) is 58.2 Å². The van der Waals surface area contributed by atoms with Crippen LogP contribution in [0.25, 0.3) is 12.2 Å². The van der Waals surface area contributed by atoms with E-state index >= 15 is 0 Å². The normalized spacial score (nSPS) is 17.5. The molecule has 1 aromatic carbocycles. The molecule has 29 heavy (non-hydrogen) atoms. The van der Waals surface area contributed by atoms with Crippen molar-refractivity contribution in [3.63, 3.8) is 0 Å². The van der Waals surface area contributed by atoms with Crippen LogP contribution in [0.4, 0.5) is 0 Å². The highest BCUT2D eigenvalue weighted by Crippen LogP contribution is 2.34. The van der Waals surface area contributed by atoms with E-state index in [4.69, 9.17) is 4.42 Å². The first-order chi connectivity index (χ1) is 14.3. The molecular weight excluding hydrogens is 402 g/mol. The second kappa shape index (κ2) is 9.36. The zero-order valence-corrected chi connectivity index (χ0v) is 17.0. The Morgan fingerprint density at radius 2 is 1.97 bits per heavy atom. The van der Waals surface area contributed by atoms with Gasteiger partial charge in [0.15, 0.2) is 5.17 Å². The van der Waals surface area contributed by atoms with Gasteiger partial charge in [0.25, 0.3) is 5.91 Å². The molecule has 0 spiro atoms. The lowest BCUT2D eigenvalue weighted by Crippen LogP contribution is -2.28. The Morgan fingerprint density at radius 3 is 2.72 bits per heavy atom. The van der Waals surface area contributed by atoms with Crippen LogP contribution in [0.2, 0.25) is 0 Å². The van der Waals surface area contributed by atoms with Gasteiger partial charge in [0, 0.05) is 11.1 Å². The van der Waals surface area contributed by atoms with Gasteiger partial charge in [-0.1, -0.05) is 42.5 Å². The minimum atomic E-state index is -0.103. The summed E-state index contributed by atoms with van der Waals surface area (Å²) in [4.78, 5) is 16.1. The summed E-state index contributed by atoms with van der Waals surface area (Å²) in [7, 11) is 0. The molecule has 3 heterocycles. The van der Waals surface area contributed by atoms with Crippen LogP contribution >= 0.6 is 23.1 Å². The number of amidine groups is 1. The summed E-state index contributed by atoms with van der Waals surface area (Å²) < 4.78 is 5.40. The van der Waals surface area contributed by atoms with E-state index in [9.17, 15) is 4.79 Å². The van der Waals surface area contributed by atoms with Crippen molar-refractivity contribution < 1.29 is 9.21 Å². The molecule has 4 rings (SSSR count). The summed E-state index contributed by atoms with van der Waals surface area (Å²) in [5.74, 6) is 0.588. The van der Waals surface area contributed by atoms with Gasteiger partial charge in [-0.25, -0.2) is 0 Å². The molecule has 7 heteroatoms. The molecule has 1 amide bonds. The molecule has 0 bridgehead atoms. The van der Waals surface area contributed by atoms with Gasteiger partial charge in [-0.15, -0.1) is 16.4 Å². The number of allylic oxidation sites excluding steroid dienone is 1. The fraction of sp³-hybridized carbons (Fsp3) is 0.0455. The number of carbonyl (C=O) groups is 1. The molecule has 0 N–H and O–H groups in total. The molecule has 0 unspecified atom stereocenters. The molecule has 1 fully saturated rings. The summed E-state index contributed by atoms with van der Waals surface area (Å²) in [6.07, 6.45) is 8.85. The van der Waals surface area contributed by atoms with Crippen LogP contribution < -0.4 is 0 Å². The minimum absolute atomic E-state index is 0.103. The van der Waals surface area contributed by atoms with E-state index in [1.165, 1.54) is 11.8 Å². The van der Waals surface area contributed by atoms with Crippen molar-refractivity contribution >= 4 is 52.5 Å². The summed E-state index contributed by atoms with van der Waals surface area (Å²) in [5, 5.41) is 10.9. The van der Waals surface area contributed by atoms with Crippen molar-refractivity contribution in [2.45, 2.75) is 6.54 Å². The van der Waals surface area contributed by atoms with Crippen LogP contribution in [-0.4, -0.2) is 22.2 Å². The summed E-state index contributed by atoms with van der Waals surface area (Å²) in [5.41, 5.74) is 1.08. The molecule has 0 atom stereocenters. The number of nitrogens with zero attached hydrogens (tertiary/aromatic N) is 3. The highest BCUT2D eigenvalue weighted by molar-refractivity contribution is 8.18. The Bertz CT molecular complexity index is 1070. The third-order valence-corrected chi connectivity index (χ3v) is 5.80. The molecule has 0 radical (unpaired) electrons. The largest absolute Gasteiger partial charge is 0.467 e. The monoisotopic (exact) mass is 419 g/mol. The van der Waals surface area contributed by atoms with Crippen molar-refractivity contribution in [2.75, 3.05) is 0 Å². The number of amides is 1. The van der Waals surface area contributed by atoms with E-state index in [1.54, 1.807) is 34.8 Å². The van der Waals surface area contributed by atoms with Crippen LogP contribution in [0.1, 0.15) is 16.2 Å². The van der Waals surface area contributed by atoms with Gasteiger partial charge in [0.2, 0.25) is 0 Å². The van der Waals surface area contributed by atoms with E-state index in [-0.39, 0.29) is 5.91 Å². The molecule has 5 nitrogen and oxygen atoms in total. The second-order valence-corrected chi connectivity index (χ2v) is 8.00. The quantitative estimate of drug-likeness (QED) is 0.301. The standard InChI is InChI=1S/C22H17N3O2S2/c26-21-20(15-19-11-6-14-28-19)29-22(25(21)16-18-10-5-13-27-18)24-23-12-4-9-17-7-2-1-3-8-17/h1-15H,16H2/b9-4+,20-15-,23-12+,24-22+. The molecular formula is C22H17N3O2S2. The van der Waals surface area contributed by atoms with E-state index in [1.807, 2.05) is 72.1 Å². The van der Waals surface area contributed by atoms with Crippen molar-refractivity contribution in [3.05, 3.63) is 93.4 Å². The lowest BCUT2D eigenvalue weighted by molar-refractivity contribution is -0.122. The zero-order chi connectivity index (χ0) is 19.9. The Morgan fingerprint density at radius 1 is 1.07 bits per heavy atom. The van der Waals surface area contributed by atoms with E-state index in [0.29, 0.717) is 22.4 Å². The molecule has 0 aliphatic carbocycles. The average molecular weight is 420 g/mol. The third kappa shape index (κ3) is 5.01. The van der Waals surface area contributed by atoms with Crippen LogP contribution in [0.3, 0.4) is 0 Å². The number of hydrogen-bond acceptors (Lipinski definition) is 6. The molecule has 3 aromatic rings. The predicted molar refractivity (Wildman–Crippen MR) is 121 cm³/mol. The van der Waals surface area contributed by atoms with Gasteiger partial charge in [-0.05, 0) is 53.1 Å². The first kappa shape index (κ1) is 19.2. The lowest BCUT2D eigenvalue weighted by atomic mass is 10.2. The zero-order valence-electron chi connectivity index (χ0n) is 15.3. The Hall–Kier alpha value is -3.16. The van der Waals surface area contributed by atoms with Crippen LogP contribution in [-0.2, 0) is 11.3 Å². The van der Waals surface area contributed by atoms with Gasteiger partial charge in [0.05, 0.1) is 17.7 Å². The Labute approximate surface area is 176 Å². The molecule has 1 aliphatic rings. The van der Waals surface area contributed by atoms with Gasteiger partial charge >= 0.3 is 0 Å². The van der Waals surface area contributed by atoms with E-state index < -0.39 is 0 Å². The Balaban J connectivity index is 1.53. The van der Waals surface area contributed by atoms with Gasteiger partial charge in [-0.3, -0.25) is 9.69 Å². The summed E-state index contributed by atoms with van der Waals surface area (Å²) in [6.45, 7) is 0.314. The van der Waals surface area contributed by atoms with Gasteiger partial charge in [0.1, 0.15) is 5.76 Å². The summed E-state index contributed by atoms with van der Waals surface area (Å²) in [6, 6.07) is 17.5. The average Bonchev–Trinajstić information content (AvgIpc) is 3.49. The van der Waals surface area contributed by atoms with Crippen LogP contribution in [0.5, 0.6) is 0 Å². The first-order valence-corrected chi connectivity index (χ1v) is 10.6. The van der Waals surface area contributed by atoms with Gasteiger partial charge < -0.3 is 4.42 Å². The van der Waals surface area contributed by atoms with E-state index in [0.717, 1.165) is 10.4 Å². The minimum Gasteiger partial charge on any atom is -0.467 e. The number of benzene rings is 1. The number of carbonyl (C=O) groups excluding carboxylic acids is 1. The van der Waals surface area contributed by atoms with E-state index in [2.05, 4.69) is 10.2 Å². The molecule has 144 valence electrons. The maximum Gasteiger partial charge on any atom is 0.267 e. The van der Waals surface area contributed by atoms with Crippen molar-refractivity contribution in [2.24, 2.45) is 10.2 Å². The number of thioether (sulfide) groups is 1. The fourth-order valence-corrected chi connectivity index (χ4v) is 4.28. The smallest absolute Gasteiger partial charge is 0.267 e. The lowest BCUT2D eigenvalue weighted by Gasteiger charge is -2.12. The highest BCUT2D eigenvalue weighted by Gasteiger charge is 2.34. The third-order valence-electron chi connectivity index (χ3n) is 3.98.